The Labute approximate surface area is 134 Å². The molecule has 0 aromatic carbocycles. The van der Waals surface area contributed by atoms with Gasteiger partial charge < -0.3 is 15.0 Å². The maximum Gasteiger partial charge on any atom is 0.325 e. The van der Waals surface area contributed by atoms with Gasteiger partial charge in [-0.2, -0.15) is 0 Å². The van der Waals surface area contributed by atoms with E-state index in [1.54, 1.807) is 0 Å². The number of hydrogen-bond acceptors (Lipinski definition) is 5. The summed E-state index contributed by atoms with van der Waals surface area (Å²) < 4.78 is 4.91. The lowest BCUT2D eigenvalue weighted by Gasteiger charge is -2.43. The molecule has 0 aromatic rings. The van der Waals surface area contributed by atoms with Gasteiger partial charge in [0.25, 0.3) is 0 Å². The second-order valence-electron chi connectivity index (χ2n) is 6.55. The summed E-state index contributed by atoms with van der Waals surface area (Å²) in [5.74, 6) is 0.659. The van der Waals surface area contributed by atoms with Gasteiger partial charge in [0, 0.05) is 32.7 Å². The van der Waals surface area contributed by atoms with E-state index in [0.29, 0.717) is 0 Å². The van der Waals surface area contributed by atoms with Gasteiger partial charge in [-0.3, -0.25) is 9.69 Å². The van der Waals surface area contributed by atoms with Crippen LogP contribution in [0.2, 0.25) is 0 Å². The number of piperazine rings is 1. The summed E-state index contributed by atoms with van der Waals surface area (Å²) in [6, 6.07) is 0. The Bertz CT molecular complexity index is 325. The number of nitrogens with one attached hydrogen (secondary N) is 1. The molecular formula is C15H30ClN3O2. The molecule has 0 aromatic heterocycles. The smallest absolute Gasteiger partial charge is 0.325 e. The molecule has 1 N–H and O–H groups in total. The average Bonchev–Trinajstić information content (AvgIpc) is 2.48. The highest BCUT2D eigenvalue weighted by Crippen LogP contribution is 2.20. The van der Waals surface area contributed by atoms with Gasteiger partial charge in [0.2, 0.25) is 0 Å². The van der Waals surface area contributed by atoms with Gasteiger partial charge in [-0.25, -0.2) is 0 Å². The van der Waals surface area contributed by atoms with Crippen molar-refractivity contribution in [3.8, 4) is 0 Å². The van der Waals surface area contributed by atoms with Crippen molar-refractivity contribution in [2.45, 2.75) is 32.2 Å². The molecule has 2 heterocycles. The van der Waals surface area contributed by atoms with Gasteiger partial charge in [0.1, 0.15) is 5.54 Å². The SMILES string of the molecule is COC(=O)C(C)(C)N1CCN(CC2CCCNC2)CC1.Cl. The molecule has 2 aliphatic heterocycles. The number of methoxy groups -OCH3 is 1. The normalized spacial score (nSPS) is 25.2. The minimum absolute atomic E-state index is 0. The molecule has 2 aliphatic rings. The van der Waals surface area contributed by atoms with E-state index >= 15 is 0 Å². The topological polar surface area (TPSA) is 44.8 Å². The van der Waals surface area contributed by atoms with Gasteiger partial charge in [-0.1, -0.05) is 0 Å². The number of hydrogen-bond donors (Lipinski definition) is 1. The summed E-state index contributed by atoms with van der Waals surface area (Å²) in [4.78, 5) is 16.6. The van der Waals surface area contributed by atoms with Crippen LogP contribution in [0.25, 0.3) is 0 Å². The molecule has 1 unspecified atom stereocenters. The quantitative estimate of drug-likeness (QED) is 0.783. The fourth-order valence-corrected chi connectivity index (χ4v) is 3.31. The molecule has 0 aliphatic carbocycles. The first kappa shape index (κ1) is 18.7. The van der Waals surface area contributed by atoms with E-state index in [1.807, 2.05) is 13.8 Å². The molecule has 2 saturated heterocycles. The second-order valence-corrected chi connectivity index (χ2v) is 6.55. The molecule has 5 nitrogen and oxygen atoms in total. The maximum atomic E-state index is 11.8. The number of piperidine rings is 1. The Balaban J connectivity index is 0.00000220. The summed E-state index contributed by atoms with van der Waals surface area (Å²) in [6.07, 6.45) is 2.65. The van der Waals surface area contributed by atoms with Crippen LogP contribution in [0.3, 0.4) is 0 Å². The lowest BCUT2D eigenvalue weighted by Crippen LogP contribution is -2.58. The average molecular weight is 320 g/mol. The van der Waals surface area contributed by atoms with Crippen LogP contribution in [0.4, 0.5) is 0 Å². The predicted molar refractivity (Wildman–Crippen MR) is 86.9 cm³/mol. The number of carbonyl (C=O) groups is 1. The first-order valence-electron chi connectivity index (χ1n) is 7.80. The Kier molecular flexibility index (Phi) is 7.40. The summed E-state index contributed by atoms with van der Waals surface area (Å²) in [7, 11) is 1.47. The van der Waals surface area contributed by atoms with E-state index in [9.17, 15) is 4.79 Å². The molecule has 0 amide bonds. The number of esters is 1. The van der Waals surface area contributed by atoms with Crippen LogP contribution in [0.5, 0.6) is 0 Å². The zero-order valence-electron chi connectivity index (χ0n) is 13.6. The van der Waals surface area contributed by atoms with E-state index in [4.69, 9.17) is 4.74 Å². The van der Waals surface area contributed by atoms with Crippen molar-refractivity contribution in [2.75, 3.05) is 52.9 Å². The van der Waals surface area contributed by atoms with Crippen molar-refractivity contribution in [1.29, 1.82) is 0 Å². The molecule has 6 heteroatoms. The van der Waals surface area contributed by atoms with Gasteiger partial charge in [0.15, 0.2) is 0 Å². The molecule has 2 rings (SSSR count). The number of rotatable bonds is 4. The molecular weight excluding hydrogens is 290 g/mol. The highest BCUT2D eigenvalue weighted by molar-refractivity contribution is 5.85. The Morgan fingerprint density at radius 1 is 1.29 bits per heavy atom. The highest BCUT2D eigenvalue weighted by Gasteiger charge is 2.37. The molecule has 1 atom stereocenters. The summed E-state index contributed by atoms with van der Waals surface area (Å²) >= 11 is 0. The van der Waals surface area contributed by atoms with Crippen molar-refractivity contribution in [2.24, 2.45) is 5.92 Å². The van der Waals surface area contributed by atoms with E-state index < -0.39 is 5.54 Å². The Morgan fingerprint density at radius 3 is 2.48 bits per heavy atom. The number of nitrogens with zero attached hydrogens (tertiary/aromatic N) is 2. The third-order valence-corrected chi connectivity index (χ3v) is 4.76. The second kappa shape index (κ2) is 8.32. The number of halogens is 1. The van der Waals surface area contributed by atoms with Crippen LogP contribution in [0.15, 0.2) is 0 Å². The van der Waals surface area contributed by atoms with Crippen LogP contribution in [-0.4, -0.2) is 74.2 Å². The van der Waals surface area contributed by atoms with Gasteiger partial charge >= 0.3 is 5.97 Å². The van der Waals surface area contributed by atoms with E-state index in [2.05, 4.69) is 15.1 Å². The molecule has 2 fully saturated rings. The Morgan fingerprint density at radius 2 is 1.95 bits per heavy atom. The highest BCUT2D eigenvalue weighted by atomic mass is 35.5. The van der Waals surface area contributed by atoms with Crippen molar-refractivity contribution >= 4 is 18.4 Å². The molecule has 124 valence electrons. The minimum Gasteiger partial charge on any atom is -0.468 e. The van der Waals surface area contributed by atoms with Crippen LogP contribution in [0.1, 0.15) is 26.7 Å². The first-order valence-corrected chi connectivity index (χ1v) is 7.80. The van der Waals surface area contributed by atoms with Crippen molar-refractivity contribution < 1.29 is 9.53 Å². The van der Waals surface area contributed by atoms with Crippen LogP contribution >= 0.6 is 12.4 Å². The Hall–Kier alpha value is -0.360. The third kappa shape index (κ3) is 4.81. The van der Waals surface area contributed by atoms with Crippen molar-refractivity contribution in [1.82, 2.24) is 15.1 Å². The summed E-state index contributed by atoms with van der Waals surface area (Å²) in [5, 5.41) is 3.48. The fraction of sp³-hybridized carbons (Fsp3) is 0.933. The molecule has 0 saturated carbocycles. The lowest BCUT2D eigenvalue weighted by atomic mass is 9.98. The standard InChI is InChI=1S/C15H29N3O2.ClH/c1-15(2,14(19)20-3)18-9-7-17(8-10-18)12-13-5-4-6-16-11-13;/h13,16H,4-12H2,1-3H3;1H. The van der Waals surface area contributed by atoms with E-state index in [-0.39, 0.29) is 18.4 Å². The van der Waals surface area contributed by atoms with Crippen molar-refractivity contribution in [3.63, 3.8) is 0 Å². The molecule has 21 heavy (non-hydrogen) atoms. The van der Waals surface area contributed by atoms with E-state index in [0.717, 1.165) is 38.6 Å². The lowest BCUT2D eigenvalue weighted by molar-refractivity contribution is -0.154. The maximum absolute atomic E-state index is 11.8. The predicted octanol–water partition coefficient (Wildman–Crippen LogP) is 0.977. The van der Waals surface area contributed by atoms with E-state index in [1.165, 1.54) is 33.0 Å². The van der Waals surface area contributed by atoms with Gasteiger partial charge in [0.05, 0.1) is 7.11 Å². The third-order valence-electron chi connectivity index (χ3n) is 4.76. The zero-order chi connectivity index (χ0) is 14.6. The van der Waals surface area contributed by atoms with Gasteiger partial charge in [-0.15, -0.1) is 12.4 Å². The van der Waals surface area contributed by atoms with Gasteiger partial charge in [-0.05, 0) is 45.7 Å². The monoisotopic (exact) mass is 319 g/mol. The van der Waals surface area contributed by atoms with Crippen molar-refractivity contribution in [3.05, 3.63) is 0 Å². The zero-order valence-corrected chi connectivity index (χ0v) is 14.4. The van der Waals surface area contributed by atoms with Crippen LogP contribution in [-0.2, 0) is 9.53 Å². The molecule has 0 spiro atoms. The largest absolute Gasteiger partial charge is 0.468 e. The number of carbonyl (C=O) groups excluding carboxylic acids is 1. The fourth-order valence-electron chi connectivity index (χ4n) is 3.31. The van der Waals surface area contributed by atoms with Crippen LogP contribution in [0, 0.1) is 5.92 Å². The number of ether oxygens (including phenoxy) is 1. The first-order chi connectivity index (χ1) is 9.54. The molecule has 0 radical (unpaired) electrons. The minimum atomic E-state index is -0.507. The van der Waals surface area contributed by atoms with Crippen LogP contribution < -0.4 is 5.32 Å². The summed E-state index contributed by atoms with van der Waals surface area (Å²) in [6.45, 7) is 11.4. The summed E-state index contributed by atoms with van der Waals surface area (Å²) in [5.41, 5.74) is -0.507. The molecule has 0 bridgehead atoms.